The lowest BCUT2D eigenvalue weighted by atomic mass is 10.1. The Labute approximate surface area is 176 Å². The summed E-state index contributed by atoms with van der Waals surface area (Å²) in [7, 11) is 0. The fourth-order valence-electron chi connectivity index (χ4n) is 3.56. The van der Waals surface area contributed by atoms with E-state index in [0.717, 1.165) is 24.5 Å². The van der Waals surface area contributed by atoms with E-state index < -0.39 is 11.6 Å². The highest BCUT2D eigenvalue weighted by Crippen LogP contribution is 2.34. The van der Waals surface area contributed by atoms with E-state index in [4.69, 9.17) is 4.74 Å². The van der Waals surface area contributed by atoms with Crippen molar-refractivity contribution in [2.45, 2.75) is 32.9 Å². The number of piperazine rings is 1. The highest BCUT2D eigenvalue weighted by atomic mass is 35.5. The Morgan fingerprint density at radius 1 is 1.10 bits per heavy atom. The molecule has 2 aliphatic heterocycles. The third kappa shape index (κ3) is 4.09. The van der Waals surface area contributed by atoms with Gasteiger partial charge in [0.1, 0.15) is 11.9 Å². The van der Waals surface area contributed by atoms with Gasteiger partial charge in [0, 0.05) is 26.2 Å². The zero-order valence-corrected chi connectivity index (χ0v) is 17.7. The fraction of sp³-hybridized carbons (Fsp3) is 0.450. The monoisotopic (exact) mass is 419 g/mol. The third-order valence-corrected chi connectivity index (χ3v) is 4.82. The number of imidazole rings is 1. The number of nitrogens with one attached hydrogen (secondary N) is 1. The molecule has 29 heavy (non-hydrogen) atoms. The van der Waals surface area contributed by atoms with E-state index in [1.165, 1.54) is 0 Å². The first kappa shape index (κ1) is 21.1. The molecule has 156 valence electrons. The van der Waals surface area contributed by atoms with Crippen LogP contribution in [0.15, 0.2) is 30.6 Å². The van der Waals surface area contributed by atoms with Gasteiger partial charge in [-0.25, -0.2) is 14.6 Å². The number of nitrogens with zero attached hydrogens (tertiary/aromatic N) is 4. The summed E-state index contributed by atoms with van der Waals surface area (Å²) >= 11 is 0. The molecule has 2 aliphatic rings. The van der Waals surface area contributed by atoms with E-state index in [1.807, 2.05) is 54.5 Å². The second-order valence-corrected chi connectivity index (χ2v) is 8.01. The van der Waals surface area contributed by atoms with Gasteiger partial charge >= 0.3 is 12.0 Å². The molecule has 1 aromatic heterocycles. The maximum atomic E-state index is 13.2. The van der Waals surface area contributed by atoms with Gasteiger partial charge in [-0.05, 0) is 32.9 Å². The predicted molar refractivity (Wildman–Crippen MR) is 112 cm³/mol. The molecule has 0 radical (unpaired) electrons. The lowest BCUT2D eigenvalue weighted by Gasteiger charge is -2.36. The number of urea groups is 1. The van der Waals surface area contributed by atoms with Crippen molar-refractivity contribution in [3.05, 3.63) is 42.0 Å². The number of hydrogen-bond donors (Lipinski definition) is 1. The molecule has 9 heteroatoms. The molecule has 0 aliphatic carbocycles. The average Bonchev–Trinajstić information content (AvgIpc) is 3.10. The summed E-state index contributed by atoms with van der Waals surface area (Å²) in [5, 5.41) is 3.26. The van der Waals surface area contributed by atoms with E-state index in [2.05, 4.69) is 10.3 Å². The summed E-state index contributed by atoms with van der Waals surface area (Å²) in [6, 6.07) is 7.61. The lowest BCUT2D eigenvalue weighted by molar-refractivity contribution is 0.00619. The van der Waals surface area contributed by atoms with E-state index >= 15 is 0 Å². The van der Waals surface area contributed by atoms with Crippen molar-refractivity contribution in [1.82, 2.24) is 19.8 Å². The minimum Gasteiger partial charge on any atom is -0.455 e. The molecule has 4 rings (SSSR count). The summed E-state index contributed by atoms with van der Waals surface area (Å²) < 4.78 is 7.38. The minimum absolute atomic E-state index is 0. The van der Waals surface area contributed by atoms with Crippen molar-refractivity contribution < 1.29 is 14.3 Å². The first-order chi connectivity index (χ1) is 13.3. The number of para-hydroxylation sites is 2. The highest BCUT2D eigenvalue weighted by molar-refractivity contribution is 5.96. The second-order valence-electron chi connectivity index (χ2n) is 8.01. The van der Waals surface area contributed by atoms with Crippen LogP contribution in [0.4, 0.5) is 10.5 Å². The molecule has 0 spiro atoms. The van der Waals surface area contributed by atoms with Crippen molar-refractivity contribution in [2.24, 2.45) is 0 Å². The molecule has 1 fully saturated rings. The van der Waals surface area contributed by atoms with Gasteiger partial charge in [0.15, 0.2) is 5.69 Å². The molecule has 2 amide bonds. The Morgan fingerprint density at radius 3 is 2.41 bits per heavy atom. The number of anilines is 1. The van der Waals surface area contributed by atoms with Gasteiger partial charge < -0.3 is 15.0 Å². The van der Waals surface area contributed by atoms with Crippen LogP contribution in [0.1, 0.15) is 37.0 Å². The van der Waals surface area contributed by atoms with Gasteiger partial charge in [0.2, 0.25) is 0 Å². The van der Waals surface area contributed by atoms with Crippen LogP contribution in [0.3, 0.4) is 0 Å². The molecular formula is C20H26ClN5O3. The summed E-state index contributed by atoms with van der Waals surface area (Å²) in [4.78, 5) is 33.8. The maximum absolute atomic E-state index is 13.2. The fourth-order valence-corrected chi connectivity index (χ4v) is 3.56. The molecule has 0 unspecified atom stereocenters. The van der Waals surface area contributed by atoms with Crippen LogP contribution < -0.4 is 10.2 Å². The lowest BCUT2D eigenvalue weighted by Crippen LogP contribution is -2.52. The van der Waals surface area contributed by atoms with Crippen LogP contribution in [-0.2, 0) is 11.3 Å². The molecule has 1 saturated heterocycles. The quantitative estimate of drug-likeness (QED) is 0.719. The van der Waals surface area contributed by atoms with Crippen LogP contribution in [-0.4, -0.2) is 58.2 Å². The Bertz CT molecular complexity index is 915. The SMILES string of the molecule is CC(C)(C)OC(=O)c1ncn2c1CN(C(=O)N1CCNCC1)c1ccccc1-2.Cl. The van der Waals surface area contributed by atoms with E-state index in [9.17, 15) is 9.59 Å². The molecule has 8 nitrogen and oxygen atoms in total. The van der Waals surface area contributed by atoms with Crippen molar-refractivity contribution in [2.75, 3.05) is 31.1 Å². The van der Waals surface area contributed by atoms with Gasteiger partial charge in [0.05, 0.1) is 23.6 Å². The first-order valence-electron chi connectivity index (χ1n) is 9.51. The standard InChI is InChI=1S/C20H25N5O3.ClH/c1-20(2,3)28-18(26)17-16-12-24(19(27)23-10-8-21-9-11-23)14-6-4-5-7-15(14)25(16)13-22-17;/h4-7,13,21H,8-12H2,1-3H3;1H. The number of esters is 1. The van der Waals surface area contributed by atoms with Crippen LogP contribution in [0, 0.1) is 0 Å². The molecule has 1 N–H and O–H groups in total. The van der Waals surface area contributed by atoms with Crippen molar-refractivity contribution in [1.29, 1.82) is 0 Å². The summed E-state index contributed by atoms with van der Waals surface area (Å²) in [5.74, 6) is -0.477. The largest absolute Gasteiger partial charge is 0.455 e. The Hall–Kier alpha value is -2.58. The number of rotatable bonds is 1. The van der Waals surface area contributed by atoms with Crippen molar-refractivity contribution in [3.8, 4) is 5.69 Å². The number of hydrogen-bond acceptors (Lipinski definition) is 5. The van der Waals surface area contributed by atoms with Gasteiger partial charge in [-0.3, -0.25) is 9.47 Å². The average molecular weight is 420 g/mol. The van der Waals surface area contributed by atoms with E-state index in [-0.39, 0.29) is 30.7 Å². The number of fused-ring (bicyclic) bond motifs is 3. The summed E-state index contributed by atoms with van der Waals surface area (Å²) in [5.41, 5.74) is 1.94. The molecule has 3 heterocycles. The van der Waals surface area contributed by atoms with E-state index in [1.54, 1.807) is 11.2 Å². The maximum Gasteiger partial charge on any atom is 0.359 e. The van der Waals surface area contributed by atoms with Crippen LogP contribution in [0.2, 0.25) is 0 Å². The number of carbonyl (C=O) groups is 2. The Balaban J connectivity index is 0.00000240. The molecule has 1 aromatic carbocycles. The third-order valence-electron chi connectivity index (χ3n) is 4.82. The second kappa shape index (κ2) is 8.04. The van der Waals surface area contributed by atoms with Gasteiger partial charge in [-0.15, -0.1) is 12.4 Å². The number of halogens is 1. The number of ether oxygens (including phenoxy) is 1. The topological polar surface area (TPSA) is 79.7 Å². The van der Waals surface area contributed by atoms with Crippen LogP contribution in [0.5, 0.6) is 0 Å². The normalized spacial score (nSPS) is 15.8. The van der Waals surface area contributed by atoms with Gasteiger partial charge in [0.25, 0.3) is 0 Å². The zero-order valence-electron chi connectivity index (χ0n) is 16.8. The predicted octanol–water partition coefficient (Wildman–Crippen LogP) is 2.59. The highest BCUT2D eigenvalue weighted by Gasteiger charge is 2.34. The zero-order chi connectivity index (χ0) is 19.9. The molecule has 2 aromatic rings. The number of benzene rings is 1. The summed E-state index contributed by atoms with van der Waals surface area (Å²) in [6.45, 7) is 8.62. The van der Waals surface area contributed by atoms with Crippen LogP contribution in [0.25, 0.3) is 5.69 Å². The minimum atomic E-state index is -0.615. The Morgan fingerprint density at radius 2 is 1.76 bits per heavy atom. The van der Waals surface area contributed by atoms with Gasteiger partial charge in [-0.2, -0.15) is 0 Å². The molecule has 0 bridgehead atoms. The van der Waals surface area contributed by atoms with Gasteiger partial charge in [-0.1, -0.05) is 12.1 Å². The molecule has 0 atom stereocenters. The number of amides is 2. The molecular weight excluding hydrogens is 394 g/mol. The van der Waals surface area contributed by atoms with Crippen molar-refractivity contribution >= 4 is 30.1 Å². The smallest absolute Gasteiger partial charge is 0.359 e. The number of aromatic nitrogens is 2. The summed E-state index contributed by atoms with van der Waals surface area (Å²) in [6.07, 6.45) is 1.63. The molecule has 0 saturated carbocycles. The Kier molecular flexibility index (Phi) is 5.86. The van der Waals surface area contributed by atoms with Crippen LogP contribution >= 0.6 is 12.4 Å². The van der Waals surface area contributed by atoms with E-state index in [0.29, 0.717) is 18.8 Å². The first-order valence-corrected chi connectivity index (χ1v) is 9.51. The van der Waals surface area contributed by atoms with Crippen molar-refractivity contribution in [3.63, 3.8) is 0 Å². The number of carbonyl (C=O) groups excluding carboxylic acids is 2.